The number of nitrogens with one attached hydrogen (secondary N) is 2. The van der Waals surface area contributed by atoms with Crippen LogP contribution < -0.4 is 10.6 Å². The van der Waals surface area contributed by atoms with Gasteiger partial charge in [0.05, 0.1) is 12.7 Å². The molecular formula is C19H29N3O2S. The zero-order valence-electron chi connectivity index (χ0n) is 15.4. The summed E-state index contributed by atoms with van der Waals surface area (Å²) in [5.41, 5.74) is 1.28. The van der Waals surface area contributed by atoms with E-state index in [4.69, 9.17) is 17.0 Å². The molecule has 0 saturated carbocycles. The average Bonchev–Trinajstić information content (AvgIpc) is 2.57. The maximum atomic E-state index is 11.6. The van der Waals surface area contributed by atoms with E-state index in [2.05, 4.69) is 29.4 Å². The van der Waals surface area contributed by atoms with Gasteiger partial charge in [-0.1, -0.05) is 19.9 Å². The number of benzene rings is 1. The monoisotopic (exact) mass is 363 g/mol. The van der Waals surface area contributed by atoms with Crippen molar-refractivity contribution in [3.8, 4) is 0 Å². The van der Waals surface area contributed by atoms with Gasteiger partial charge in [0.2, 0.25) is 0 Å². The smallest absolute Gasteiger partial charge is 0.337 e. The first-order valence-electron chi connectivity index (χ1n) is 8.93. The third-order valence-electron chi connectivity index (χ3n) is 4.42. The van der Waals surface area contributed by atoms with Gasteiger partial charge in [0, 0.05) is 25.3 Å². The fraction of sp³-hybridized carbons (Fsp3) is 0.579. The number of piperidine rings is 1. The molecule has 1 fully saturated rings. The Morgan fingerprint density at radius 2 is 2.04 bits per heavy atom. The molecule has 1 heterocycles. The van der Waals surface area contributed by atoms with Crippen LogP contribution in [0.3, 0.4) is 0 Å². The molecule has 1 aromatic rings. The molecular weight excluding hydrogens is 334 g/mol. The molecule has 138 valence electrons. The lowest BCUT2D eigenvalue weighted by Crippen LogP contribution is -2.40. The average molecular weight is 364 g/mol. The van der Waals surface area contributed by atoms with Crippen LogP contribution >= 0.6 is 12.2 Å². The first-order chi connectivity index (χ1) is 12.0. The highest BCUT2D eigenvalue weighted by atomic mass is 32.1. The summed E-state index contributed by atoms with van der Waals surface area (Å²) >= 11 is 5.33. The summed E-state index contributed by atoms with van der Waals surface area (Å²) in [5, 5.41) is 6.92. The minimum Gasteiger partial charge on any atom is -0.465 e. The number of hydrogen-bond donors (Lipinski definition) is 2. The Morgan fingerprint density at radius 3 is 2.72 bits per heavy atom. The lowest BCUT2D eigenvalue weighted by molar-refractivity contribution is 0.0601. The molecule has 2 unspecified atom stereocenters. The zero-order chi connectivity index (χ0) is 18.2. The first kappa shape index (κ1) is 19.7. The van der Waals surface area contributed by atoms with E-state index in [0.29, 0.717) is 10.7 Å². The Bertz CT molecular complexity index is 584. The molecule has 6 heteroatoms. The molecule has 2 rings (SSSR count). The highest BCUT2D eigenvalue weighted by molar-refractivity contribution is 7.80. The van der Waals surface area contributed by atoms with E-state index >= 15 is 0 Å². The van der Waals surface area contributed by atoms with Gasteiger partial charge in [0.1, 0.15) is 0 Å². The first-order valence-corrected chi connectivity index (χ1v) is 9.34. The molecule has 0 bridgehead atoms. The van der Waals surface area contributed by atoms with E-state index in [1.165, 1.54) is 26.6 Å². The second-order valence-electron chi connectivity index (χ2n) is 7.01. The van der Waals surface area contributed by atoms with Gasteiger partial charge in [-0.2, -0.15) is 0 Å². The summed E-state index contributed by atoms with van der Waals surface area (Å²) in [4.78, 5) is 14.1. The Labute approximate surface area is 156 Å². The van der Waals surface area contributed by atoms with Gasteiger partial charge in [-0.25, -0.2) is 4.79 Å². The summed E-state index contributed by atoms with van der Waals surface area (Å²) in [6, 6.07) is 7.12. The predicted molar refractivity (Wildman–Crippen MR) is 106 cm³/mol. The van der Waals surface area contributed by atoms with Gasteiger partial charge >= 0.3 is 5.97 Å². The summed E-state index contributed by atoms with van der Waals surface area (Å²) in [6.45, 7) is 9.01. The second-order valence-corrected chi connectivity index (χ2v) is 7.42. The fourth-order valence-electron chi connectivity index (χ4n) is 3.50. The van der Waals surface area contributed by atoms with Crippen LogP contribution in [0.4, 0.5) is 5.69 Å². The number of methoxy groups -OCH3 is 1. The molecule has 1 aromatic carbocycles. The van der Waals surface area contributed by atoms with E-state index in [9.17, 15) is 4.79 Å². The van der Waals surface area contributed by atoms with Crippen LogP contribution in [0.1, 0.15) is 37.0 Å². The molecule has 0 aromatic heterocycles. The predicted octanol–water partition coefficient (Wildman–Crippen LogP) is 3.13. The summed E-state index contributed by atoms with van der Waals surface area (Å²) in [7, 11) is 1.37. The van der Waals surface area contributed by atoms with E-state index < -0.39 is 0 Å². The molecule has 0 radical (unpaired) electrons. The van der Waals surface area contributed by atoms with Gasteiger partial charge in [-0.05, 0) is 61.6 Å². The SMILES string of the molecule is COC(=O)c1cccc(NC(=S)NCCCN2CC(C)CC(C)C2)c1. The Morgan fingerprint density at radius 1 is 1.32 bits per heavy atom. The Hall–Kier alpha value is -1.66. The Balaban J connectivity index is 1.70. The van der Waals surface area contributed by atoms with Crippen LogP contribution in [-0.4, -0.2) is 49.3 Å². The lowest BCUT2D eigenvalue weighted by atomic mass is 9.92. The van der Waals surface area contributed by atoms with Crippen LogP contribution in [0, 0.1) is 11.8 Å². The normalized spacial score (nSPS) is 20.8. The molecule has 1 aliphatic heterocycles. The van der Waals surface area contributed by atoms with Crippen molar-refractivity contribution in [2.75, 3.05) is 38.6 Å². The van der Waals surface area contributed by atoms with Gasteiger partial charge < -0.3 is 20.3 Å². The molecule has 0 amide bonds. The van der Waals surface area contributed by atoms with Crippen LogP contribution in [0.2, 0.25) is 0 Å². The number of likely N-dealkylation sites (tertiary alicyclic amines) is 1. The van der Waals surface area contributed by atoms with Crippen LogP contribution in [0.25, 0.3) is 0 Å². The topological polar surface area (TPSA) is 53.6 Å². The van der Waals surface area contributed by atoms with Gasteiger partial charge in [-0.15, -0.1) is 0 Å². The van der Waals surface area contributed by atoms with Crippen molar-refractivity contribution < 1.29 is 9.53 Å². The molecule has 5 nitrogen and oxygen atoms in total. The molecule has 2 atom stereocenters. The number of ether oxygens (including phenoxy) is 1. The maximum absolute atomic E-state index is 11.6. The van der Waals surface area contributed by atoms with Crippen LogP contribution in [-0.2, 0) is 4.74 Å². The van der Waals surface area contributed by atoms with Crippen molar-refractivity contribution in [3.05, 3.63) is 29.8 Å². The molecule has 0 aliphatic carbocycles. The highest BCUT2D eigenvalue weighted by Crippen LogP contribution is 2.20. The fourth-order valence-corrected chi connectivity index (χ4v) is 3.72. The van der Waals surface area contributed by atoms with Crippen LogP contribution in [0.5, 0.6) is 0 Å². The largest absolute Gasteiger partial charge is 0.465 e. The van der Waals surface area contributed by atoms with Crippen LogP contribution in [0.15, 0.2) is 24.3 Å². The van der Waals surface area contributed by atoms with Crippen molar-refractivity contribution in [2.45, 2.75) is 26.7 Å². The highest BCUT2D eigenvalue weighted by Gasteiger charge is 2.20. The molecule has 1 aliphatic rings. The third kappa shape index (κ3) is 6.63. The summed E-state index contributed by atoms with van der Waals surface area (Å²) in [5.74, 6) is 1.23. The number of rotatable bonds is 6. The third-order valence-corrected chi connectivity index (χ3v) is 4.67. The summed E-state index contributed by atoms with van der Waals surface area (Å²) < 4.78 is 4.73. The van der Waals surface area contributed by atoms with E-state index in [0.717, 1.165) is 37.0 Å². The number of hydrogen-bond acceptors (Lipinski definition) is 4. The zero-order valence-corrected chi connectivity index (χ0v) is 16.2. The standard InChI is InChI=1S/C19H29N3O2S/c1-14-10-15(2)13-22(12-14)9-5-8-20-19(25)21-17-7-4-6-16(11-17)18(23)24-3/h4,6-7,11,14-15H,5,8-10,12-13H2,1-3H3,(H2,20,21,25). The van der Waals surface area contributed by atoms with Gasteiger partial charge in [0.25, 0.3) is 0 Å². The van der Waals surface area contributed by atoms with E-state index in [-0.39, 0.29) is 5.97 Å². The van der Waals surface area contributed by atoms with Gasteiger partial charge in [-0.3, -0.25) is 0 Å². The quantitative estimate of drug-likeness (QED) is 0.460. The minimum atomic E-state index is -0.354. The van der Waals surface area contributed by atoms with Crippen molar-refractivity contribution in [1.29, 1.82) is 0 Å². The number of anilines is 1. The lowest BCUT2D eigenvalue weighted by Gasteiger charge is -2.35. The minimum absolute atomic E-state index is 0.354. The van der Waals surface area contributed by atoms with Crippen molar-refractivity contribution >= 4 is 29.0 Å². The van der Waals surface area contributed by atoms with Crippen molar-refractivity contribution in [2.24, 2.45) is 11.8 Å². The van der Waals surface area contributed by atoms with Crippen molar-refractivity contribution in [1.82, 2.24) is 10.2 Å². The van der Waals surface area contributed by atoms with Crippen molar-refractivity contribution in [3.63, 3.8) is 0 Å². The number of esters is 1. The maximum Gasteiger partial charge on any atom is 0.337 e. The van der Waals surface area contributed by atoms with E-state index in [1.54, 1.807) is 18.2 Å². The molecule has 2 N–H and O–H groups in total. The number of nitrogens with zero attached hydrogens (tertiary/aromatic N) is 1. The van der Waals surface area contributed by atoms with Gasteiger partial charge in [0.15, 0.2) is 5.11 Å². The number of thiocarbonyl (C=S) groups is 1. The number of carbonyl (C=O) groups excluding carboxylic acids is 1. The Kier molecular flexibility index (Phi) is 7.65. The summed E-state index contributed by atoms with van der Waals surface area (Å²) in [6.07, 6.45) is 2.40. The molecule has 0 spiro atoms. The molecule has 1 saturated heterocycles. The number of carbonyl (C=O) groups is 1. The second kappa shape index (κ2) is 9.73. The molecule has 25 heavy (non-hydrogen) atoms. The van der Waals surface area contributed by atoms with E-state index in [1.807, 2.05) is 6.07 Å².